The summed E-state index contributed by atoms with van der Waals surface area (Å²) in [6, 6.07) is 16.7. The maximum absolute atomic E-state index is 12.4. The lowest BCUT2D eigenvalue weighted by Crippen LogP contribution is -2.38. The Bertz CT molecular complexity index is 973. The van der Waals surface area contributed by atoms with Gasteiger partial charge < -0.3 is 19.1 Å². The van der Waals surface area contributed by atoms with Crippen LogP contribution in [-0.4, -0.2) is 39.5 Å². The van der Waals surface area contributed by atoms with Crippen LogP contribution in [0.2, 0.25) is 0 Å². The lowest BCUT2D eigenvalue weighted by molar-refractivity contribution is -0.140. The summed E-state index contributed by atoms with van der Waals surface area (Å²) in [5.74, 6) is -1.29. The molecule has 0 amide bonds. The van der Waals surface area contributed by atoms with Crippen LogP contribution in [0.15, 0.2) is 59.8 Å². The minimum atomic E-state index is -0.646. The van der Waals surface area contributed by atoms with Gasteiger partial charge in [0.25, 0.3) is 0 Å². The summed E-state index contributed by atoms with van der Waals surface area (Å²) in [5, 5.41) is 8.95. The van der Waals surface area contributed by atoms with Crippen LogP contribution in [0.1, 0.15) is 5.56 Å². The molecule has 0 saturated carbocycles. The number of nitrogens with zero attached hydrogens (tertiary/aromatic N) is 2. The molecule has 0 spiro atoms. The lowest BCUT2D eigenvalue weighted by Gasteiger charge is -2.31. The molecular weight excluding hydrogens is 360 g/mol. The van der Waals surface area contributed by atoms with Crippen molar-refractivity contribution < 1.29 is 23.8 Å². The molecular formula is C21H18N2O5. The second-order valence-electron chi connectivity index (χ2n) is 5.96. The van der Waals surface area contributed by atoms with Gasteiger partial charge in [-0.1, -0.05) is 24.3 Å². The van der Waals surface area contributed by atoms with Crippen LogP contribution in [-0.2, 0) is 23.8 Å². The van der Waals surface area contributed by atoms with Crippen LogP contribution in [0.25, 0.3) is 11.1 Å². The van der Waals surface area contributed by atoms with Crippen LogP contribution in [0.3, 0.4) is 0 Å². The third-order valence-electron chi connectivity index (χ3n) is 4.34. The smallest absolute Gasteiger partial charge is 0.355 e. The van der Waals surface area contributed by atoms with E-state index in [0.29, 0.717) is 11.3 Å². The number of hydrogen-bond donors (Lipinski definition) is 0. The molecule has 0 radical (unpaired) electrons. The first kappa shape index (κ1) is 19.1. The first-order valence-corrected chi connectivity index (χ1v) is 8.44. The van der Waals surface area contributed by atoms with Crippen LogP contribution < -0.4 is 4.90 Å². The summed E-state index contributed by atoms with van der Waals surface area (Å²) < 4.78 is 15.1. The summed E-state index contributed by atoms with van der Waals surface area (Å²) in [7, 11) is 2.50. The van der Waals surface area contributed by atoms with E-state index in [1.165, 1.54) is 14.2 Å². The Kier molecular flexibility index (Phi) is 5.72. The number of anilines is 1. The van der Waals surface area contributed by atoms with Crippen molar-refractivity contribution in [2.45, 2.75) is 0 Å². The highest BCUT2D eigenvalue weighted by atomic mass is 16.5. The molecule has 1 heterocycles. The average molecular weight is 378 g/mol. The number of ether oxygens (including phenoxy) is 3. The number of nitriles is 1. The number of esters is 2. The standard InChI is InChI=1S/C21H18N2O5/c1-26-20(24)18-12-28-13-23(19(18)21(25)27-2)17-5-3-4-16(10-17)15-8-6-14(11-22)7-9-15/h3-10H,12-13H2,1-2H3. The Morgan fingerprint density at radius 2 is 1.75 bits per heavy atom. The van der Waals surface area contributed by atoms with Crippen molar-refractivity contribution in [1.29, 1.82) is 5.26 Å². The summed E-state index contributed by atoms with van der Waals surface area (Å²) in [6.07, 6.45) is 0. The summed E-state index contributed by atoms with van der Waals surface area (Å²) in [5.41, 5.74) is 3.22. The predicted molar refractivity (Wildman–Crippen MR) is 101 cm³/mol. The Morgan fingerprint density at radius 3 is 2.39 bits per heavy atom. The molecule has 28 heavy (non-hydrogen) atoms. The van der Waals surface area contributed by atoms with Crippen LogP contribution in [0.4, 0.5) is 5.69 Å². The fraction of sp³-hybridized carbons (Fsp3) is 0.190. The highest BCUT2D eigenvalue weighted by Crippen LogP contribution is 2.30. The van der Waals surface area contributed by atoms with E-state index in [1.807, 2.05) is 30.3 Å². The number of carbonyl (C=O) groups is 2. The lowest BCUT2D eigenvalue weighted by atomic mass is 10.0. The van der Waals surface area contributed by atoms with Crippen LogP contribution >= 0.6 is 0 Å². The molecule has 0 atom stereocenters. The highest BCUT2D eigenvalue weighted by molar-refractivity contribution is 6.03. The van der Waals surface area contributed by atoms with Gasteiger partial charge in [0, 0.05) is 5.69 Å². The van der Waals surface area contributed by atoms with Crippen molar-refractivity contribution >= 4 is 17.6 Å². The minimum Gasteiger partial charge on any atom is -0.466 e. The second kappa shape index (κ2) is 8.37. The van der Waals surface area contributed by atoms with E-state index >= 15 is 0 Å². The van der Waals surface area contributed by atoms with E-state index < -0.39 is 11.9 Å². The fourth-order valence-corrected chi connectivity index (χ4v) is 2.94. The van der Waals surface area contributed by atoms with Crippen molar-refractivity contribution in [3.05, 3.63) is 65.4 Å². The van der Waals surface area contributed by atoms with Gasteiger partial charge in [-0.15, -0.1) is 0 Å². The summed E-state index contributed by atoms with van der Waals surface area (Å²) in [6.45, 7) is 0.0463. The quantitative estimate of drug-likeness (QED) is 0.756. The molecule has 2 aromatic rings. The van der Waals surface area contributed by atoms with Crippen molar-refractivity contribution in [3.8, 4) is 17.2 Å². The van der Waals surface area contributed by atoms with Gasteiger partial charge >= 0.3 is 11.9 Å². The molecule has 3 rings (SSSR count). The first-order valence-electron chi connectivity index (χ1n) is 8.44. The molecule has 0 aliphatic carbocycles. The van der Waals surface area contributed by atoms with Gasteiger partial charge in [0.1, 0.15) is 12.4 Å². The number of carbonyl (C=O) groups excluding carboxylic acids is 2. The molecule has 7 nitrogen and oxygen atoms in total. The SMILES string of the molecule is COC(=O)C1=C(C(=O)OC)N(c2cccc(-c3ccc(C#N)cc3)c2)COC1. The molecule has 0 bridgehead atoms. The van der Waals surface area contributed by atoms with E-state index in [0.717, 1.165) is 11.1 Å². The van der Waals surface area contributed by atoms with Gasteiger partial charge in [0.15, 0.2) is 0 Å². The molecule has 0 N–H and O–H groups in total. The second-order valence-corrected chi connectivity index (χ2v) is 5.96. The van der Waals surface area contributed by atoms with Crippen LogP contribution in [0.5, 0.6) is 0 Å². The molecule has 0 fully saturated rings. The Balaban J connectivity index is 2.05. The molecule has 142 valence electrons. The Hall–Kier alpha value is -3.63. The number of methoxy groups -OCH3 is 2. The number of benzene rings is 2. The molecule has 1 aliphatic heterocycles. The molecule has 7 heteroatoms. The van der Waals surface area contributed by atoms with E-state index in [9.17, 15) is 9.59 Å². The number of hydrogen-bond acceptors (Lipinski definition) is 7. The topological polar surface area (TPSA) is 88.9 Å². The van der Waals surface area contributed by atoms with Crippen molar-refractivity contribution in [2.24, 2.45) is 0 Å². The molecule has 0 unspecified atom stereocenters. The van der Waals surface area contributed by atoms with E-state index in [-0.39, 0.29) is 24.6 Å². The normalized spacial score (nSPS) is 13.7. The zero-order chi connectivity index (χ0) is 20.1. The monoisotopic (exact) mass is 378 g/mol. The zero-order valence-corrected chi connectivity index (χ0v) is 15.5. The van der Waals surface area contributed by atoms with Gasteiger partial charge in [-0.25, -0.2) is 9.59 Å². The highest BCUT2D eigenvalue weighted by Gasteiger charge is 2.32. The van der Waals surface area contributed by atoms with E-state index in [2.05, 4.69) is 6.07 Å². The number of rotatable bonds is 4. The average Bonchev–Trinajstić information content (AvgIpc) is 2.77. The minimum absolute atomic E-state index is 0.0388. The maximum atomic E-state index is 12.4. The molecule has 1 aliphatic rings. The Labute approximate surface area is 162 Å². The zero-order valence-electron chi connectivity index (χ0n) is 15.5. The van der Waals surface area contributed by atoms with E-state index in [1.54, 1.807) is 23.1 Å². The van der Waals surface area contributed by atoms with Gasteiger partial charge in [-0.05, 0) is 35.4 Å². The third-order valence-corrected chi connectivity index (χ3v) is 4.34. The fourth-order valence-electron chi connectivity index (χ4n) is 2.94. The molecule has 0 aromatic heterocycles. The summed E-state index contributed by atoms with van der Waals surface area (Å²) >= 11 is 0. The predicted octanol–water partition coefficient (Wildman–Crippen LogP) is 2.62. The molecule has 2 aromatic carbocycles. The van der Waals surface area contributed by atoms with Crippen LogP contribution in [0, 0.1) is 11.3 Å². The maximum Gasteiger partial charge on any atom is 0.355 e. The first-order chi connectivity index (χ1) is 13.6. The van der Waals surface area contributed by atoms with Gasteiger partial charge in [-0.3, -0.25) is 0 Å². The van der Waals surface area contributed by atoms with Gasteiger partial charge in [-0.2, -0.15) is 5.26 Å². The van der Waals surface area contributed by atoms with Crippen molar-refractivity contribution in [2.75, 3.05) is 32.5 Å². The third kappa shape index (κ3) is 3.72. The largest absolute Gasteiger partial charge is 0.466 e. The van der Waals surface area contributed by atoms with Gasteiger partial charge in [0.05, 0.1) is 38.0 Å². The Morgan fingerprint density at radius 1 is 1.04 bits per heavy atom. The van der Waals surface area contributed by atoms with E-state index in [4.69, 9.17) is 19.5 Å². The summed E-state index contributed by atoms with van der Waals surface area (Å²) in [4.78, 5) is 26.1. The van der Waals surface area contributed by atoms with Gasteiger partial charge in [0.2, 0.25) is 0 Å². The van der Waals surface area contributed by atoms with Crippen molar-refractivity contribution in [3.63, 3.8) is 0 Å². The van der Waals surface area contributed by atoms with Crippen molar-refractivity contribution in [1.82, 2.24) is 0 Å². The molecule has 0 saturated heterocycles.